The molecule has 0 fully saturated rings. The zero-order valence-electron chi connectivity index (χ0n) is 13.7. The second-order valence-electron chi connectivity index (χ2n) is 5.46. The number of anilines is 1. The first kappa shape index (κ1) is 16.7. The summed E-state index contributed by atoms with van der Waals surface area (Å²) in [6, 6.07) is 9.83. The van der Waals surface area contributed by atoms with Crippen molar-refractivity contribution in [3.8, 4) is 0 Å². The number of benzene rings is 1. The molecule has 0 radical (unpaired) electrons. The minimum absolute atomic E-state index is 0.190. The molecule has 0 aliphatic heterocycles. The average molecular weight is 355 g/mol. The van der Waals surface area contributed by atoms with Crippen molar-refractivity contribution in [2.75, 3.05) is 5.32 Å². The van der Waals surface area contributed by atoms with Crippen LogP contribution in [0.25, 0.3) is 0 Å². The van der Waals surface area contributed by atoms with Gasteiger partial charge in [0.15, 0.2) is 5.13 Å². The number of aromatic nitrogens is 2. The molecule has 1 aromatic carbocycles. The lowest BCUT2D eigenvalue weighted by Gasteiger charge is -2.10. The molecule has 4 nitrogen and oxygen atoms in total. The first-order chi connectivity index (χ1) is 11.5. The van der Waals surface area contributed by atoms with Crippen molar-refractivity contribution in [2.45, 2.75) is 30.7 Å². The molecule has 24 heavy (non-hydrogen) atoms. The zero-order chi connectivity index (χ0) is 17.1. The fourth-order valence-electron chi connectivity index (χ4n) is 2.14. The molecule has 6 heteroatoms. The van der Waals surface area contributed by atoms with Crippen LogP contribution in [0.4, 0.5) is 5.13 Å². The number of carbonyl (C=O) groups is 1. The number of aryl methyl sites for hydroxylation is 3. The van der Waals surface area contributed by atoms with Crippen molar-refractivity contribution >= 4 is 34.1 Å². The van der Waals surface area contributed by atoms with Crippen molar-refractivity contribution in [1.82, 2.24) is 9.97 Å². The highest BCUT2D eigenvalue weighted by Crippen LogP contribution is 2.32. The van der Waals surface area contributed by atoms with Crippen LogP contribution < -0.4 is 5.32 Å². The molecule has 0 aliphatic carbocycles. The summed E-state index contributed by atoms with van der Waals surface area (Å²) in [6.45, 7) is 6.07. The first-order valence-electron chi connectivity index (χ1n) is 7.47. The van der Waals surface area contributed by atoms with Crippen LogP contribution in [-0.2, 0) is 0 Å². The molecule has 0 bridgehead atoms. The molecule has 2 heterocycles. The normalized spacial score (nSPS) is 10.6. The summed E-state index contributed by atoms with van der Waals surface area (Å²) >= 11 is 2.96. The Morgan fingerprint density at radius 2 is 2.00 bits per heavy atom. The third-order valence-corrected chi connectivity index (χ3v) is 5.41. The Hall–Kier alpha value is -2.18. The van der Waals surface area contributed by atoms with Crippen molar-refractivity contribution < 1.29 is 4.79 Å². The van der Waals surface area contributed by atoms with E-state index in [1.807, 2.05) is 6.92 Å². The number of hydrogen-bond acceptors (Lipinski definition) is 5. The summed E-state index contributed by atoms with van der Waals surface area (Å²) in [7, 11) is 0. The summed E-state index contributed by atoms with van der Waals surface area (Å²) in [5.74, 6) is -0.190. The summed E-state index contributed by atoms with van der Waals surface area (Å²) in [6.07, 6.45) is 3.45. The predicted molar refractivity (Wildman–Crippen MR) is 99.1 cm³/mol. The number of thiazole rings is 1. The van der Waals surface area contributed by atoms with E-state index in [4.69, 9.17) is 0 Å². The van der Waals surface area contributed by atoms with Gasteiger partial charge in [-0.25, -0.2) is 9.97 Å². The van der Waals surface area contributed by atoms with Gasteiger partial charge >= 0.3 is 0 Å². The summed E-state index contributed by atoms with van der Waals surface area (Å²) in [4.78, 5) is 23.3. The zero-order valence-corrected chi connectivity index (χ0v) is 15.3. The Bertz CT molecular complexity index is 889. The minimum atomic E-state index is -0.190. The van der Waals surface area contributed by atoms with E-state index in [9.17, 15) is 4.79 Å². The van der Waals surface area contributed by atoms with Gasteiger partial charge < -0.3 is 0 Å². The van der Waals surface area contributed by atoms with Crippen molar-refractivity contribution in [3.63, 3.8) is 0 Å². The molecule has 0 saturated heterocycles. The lowest BCUT2D eigenvalue weighted by Crippen LogP contribution is -2.13. The molecule has 0 atom stereocenters. The Balaban J connectivity index is 1.87. The summed E-state index contributed by atoms with van der Waals surface area (Å²) < 4.78 is 0. The van der Waals surface area contributed by atoms with Gasteiger partial charge in [-0.1, -0.05) is 23.9 Å². The standard InChI is InChI=1S/C18H17N3OS2/c1-11-6-7-12(2)15(9-11)24-17-14(5-4-8-19-17)16(22)21-18-20-10-13(3)23-18/h4-10H,1-3H3,(H,20,21,22). The second-order valence-corrected chi connectivity index (χ2v) is 7.72. The van der Waals surface area contributed by atoms with Gasteiger partial charge in [0.1, 0.15) is 5.03 Å². The van der Waals surface area contributed by atoms with E-state index in [2.05, 4.69) is 47.3 Å². The van der Waals surface area contributed by atoms with Gasteiger partial charge in [0.05, 0.1) is 5.56 Å². The van der Waals surface area contributed by atoms with E-state index in [1.54, 1.807) is 24.5 Å². The molecule has 3 aromatic rings. The molecule has 1 amide bonds. The maximum absolute atomic E-state index is 12.6. The van der Waals surface area contributed by atoms with E-state index in [-0.39, 0.29) is 5.91 Å². The number of carbonyl (C=O) groups excluding carboxylic acids is 1. The Morgan fingerprint density at radius 1 is 1.17 bits per heavy atom. The SMILES string of the molecule is Cc1ccc(C)c(Sc2ncccc2C(=O)Nc2ncc(C)s2)c1. The molecule has 0 spiro atoms. The van der Waals surface area contributed by atoms with Crippen molar-refractivity contribution in [2.24, 2.45) is 0 Å². The molecule has 3 rings (SSSR count). The molecule has 0 saturated carbocycles. The van der Waals surface area contributed by atoms with Gasteiger partial charge in [-0.15, -0.1) is 11.3 Å². The fraction of sp³-hybridized carbons (Fsp3) is 0.167. The largest absolute Gasteiger partial charge is 0.298 e. The highest BCUT2D eigenvalue weighted by atomic mass is 32.2. The van der Waals surface area contributed by atoms with Crippen molar-refractivity contribution in [1.29, 1.82) is 0 Å². The molecule has 2 aromatic heterocycles. The number of amides is 1. The van der Waals surface area contributed by atoms with E-state index < -0.39 is 0 Å². The van der Waals surface area contributed by atoms with Crippen LogP contribution in [0.2, 0.25) is 0 Å². The van der Waals surface area contributed by atoms with E-state index in [0.29, 0.717) is 15.7 Å². The predicted octanol–water partition coefficient (Wildman–Crippen LogP) is 4.87. The molecule has 0 aliphatic rings. The third kappa shape index (κ3) is 3.83. The van der Waals surface area contributed by atoms with Gasteiger partial charge in [-0.05, 0) is 50.1 Å². The quantitative estimate of drug-likeness (QED) is 0.725. The van der Waals surface area contributed by atoms with Crippen LogP contribution in [0, 0.1) is 20.8 Å². The van der Waals surface area contributed by atoms with Gasteiger partial charge in [0, 0.05) is 22.2 Å². The van der Waals surface area contributed by atoms with Gasteiger partial charge in [-0.3, -0.25) is 10.1 Å². The van der Waals surface area contributed by atoms with Crippen LogP contribution in [-0.4, -0.2) is 15.9 Å². The van der Waals surface area contributed by atoms with Crippen LogP contribution in [0.3, 0.4) is 0 Å². The molecule has 122 valence electrons. The van der Waals surface area contributed by atoms with Gasteiger partial charge in [-0.2, -0.15) is 0 Å². The van der Waals surface area contributed by atoms with E-state index in [0.717, 1.165) is 15.3 Å². The Kier molecular flexibility index (Phi) is 4.97. The van der Waals surface area contributed by atoms with Crippen LogP contribution in [0.5, 0.6) is 0 Å². The highest BCUT2D eigenvalue weighted by molar-refractivity contribution is 7.99. The minimum Gasteiger partial charge on any atom is -0.298 e. The first-order valence-corrected chi connectivity index (χ1v) is 9.10. The number of nitrogens with zero attached hydrogens (tertiary/aromatic N) is 2. The Labute approximate surface area is 149 Å². The van der Waals surface area contributed by atoms with Crippen LogP contribution in [0.15, 0.2) is 52.6 Å². The lowest BCUT2D eigenvalue weighted by molar-refractivity contribution is 0.102. The smallest absolute Gasteiger partial charge is 0.260 e. The lowest BCUT2D eigenvalue weighted by atomic mass is 10.2. The molecular formula is C18H17N3OS2. The van der Waals surface area contributed by atoms with Crippen molar-refractivity contribution in [3.05, 3.63) is 64.3 Å². The summed E-state index contributed by atoms with van der Waals surface area (Å²) in [5, 5.41) is 4.14. The molecule has 0 unspecified atom stereocenters. The number of hydrogen-bond donors (Lipinski definition) is 1. The summed E-state index contributed by atoms with van der Waals surface area (Å²) in [5.41, 5.74) is 2.90. The third-order valence-electron chi connectivity index (χ3n) is 3.41. The second kappa shape index (κ2) is 7.15. The van der Waals surface area contributed by atoms with E-state index >= 15 is 0 Å². The van der Waals surface area contributed by atoms with Gasteiger partial charge in [0.2, 0.25) is 0 Å². The van der Waals surface area contributed by atoms with Crippen LogP contribution >= 0.6 is 23.1 Å². The fourth-order valence-corrected chi connectivity index (χ4v) is 3.87. The maximum Gasteiger partial charge on any atom is 0.260 e. The van der Waals surface area contributed by atoms with Gasteiger partial charge in [0.25, 0.3) is 5.91 Å². The van der Waals surface area contributed by atoms with E-state index in [1.165, 1.54) is 28.7 Å². The Morgan fingerprint density at radius 3 is 2.75 bits per heavy atom. The number of nitrogens with one attached hydrogen (secondary N) is 1. The number of rotatable bonds is 4. The molecular weight excluding hydrogens is 338 g/mol. The number of pyridine rings is 1. The average Bonchev–Trinajstić information content (AvgIpc) is 2.96. The topological polar surface area (TPSA) is 54.9 Å². The monoisotopic (exact) mass is 355 g/mol. The molecule has 1 N–H and O–H groups in total. The van der Waals surface area contributed by atoms with Crippen LogP contribution in [0.1, 0.15) is 26.4 Å². The highest BCUT2D eigenvalue weighted by Gasteiger charge is 2.15. The maximum atomic E-state index is 12.6.